The zero-order valence-corrected chi connectivity index (χ0v) is 17.8. The van der Waals surface area contributed by atoms with Gasteiger partial charge in [0.25, 0.3) is 5.91 Å². The van der Waals surface area contributed by atoms with Crippen molar-refractivity contribution in [3.8, 4) is 5.75 Å². The lowest BCUT2D eigenvalue weighted by molar-refractivity contribution is -0.143. The Morgan fingerprint density at radius 3 is 2.52 bits per heavy atom. The first kappa shape index (κ1) is 20.8. The summed E-state index contributed by atoms with van der Waals surface area (Å²) in [4.78, 5) is 29.6. The molecule has 0 unspecified atom stereocenters. The van der Waals surface area contributed by atoms with Gasteiger partial charge in [0.2, 0.25) is 0 Å². The van der Waals surface area contributed by atoms with Gasteiger partial charge in [-0.2, -0.15) is 4.99 Å². The lowest BCUT2D eigenvalue weighted by Crippen LogP contribution is -2.23. The van der Waals surface area contributed by atoms with Gasteiger partial charge in [-0.05, 0) is 63.6 Å². The van der Waals surface area contributed by atoms with Gasteiger partial charge in [-0.25, -0.2) is 0 Å². The molecule has 0 saturated heterocycles. The summed E-state index contributed by atoms with van der Waals surface area (Å²) in [6.07, 6.45) is 0.0601. The van der Waals surface area contributed by atoms with Crippen LogP contribution in [0.5, 0.6) is 5.75 Å². The third-order valence-electron chi connectivity index (χ3n) is 4.17. The molecule has 3 aromatic rings. The first-order chi connectivity index (χ1) is 13.9. The standard InChI is InChI=1S/C22H24N2O4S/c1-5-27-19(25)13-24-20-15(4)7-6-8-18(20)29-22(24)23-21(26)16-9-11-17(12-10-16)28-14(2)3/h6-12,14H,5,13H2,1-4H3. The Bertz CT molecular complexity index is 1090. The molecule has 6 nitrogen and oxygen atoms in total. The second-order valence-corrected chi connectivity index (χ2v) is 7.81. The maximum Gasteiger partial charge on any atom is 0.326 e. The van der Waals surface area contributed by atoms with Crippen LogP contribution in [0.3, 0.4) is 0 Å². The van der Waals surface area contributed by atoms with Crippen molar-refractivity contribution < 1.29 is 19.1 Å². The van der Waals surface area contributed by atoms with E-state index in [1.165, 1.54) is 11.3 Å². The third kappa shape index (κ3) is 4.92. The van der Waals surface area contributed by atoms with Gasteiger partial charge < -0.3 is 14.0 Å². The fourth-order valence-electron chi connectivity index (χ4n) is 2.97. The highest BCUT2D eigenvalue weighted by atomic mass is 32.1. The van der Waals surface area contributed by atoms with Crippen LogP contribution in [-0.4, -0.2) is 29.2 Å². The summed E-state index contributed by atoms with van der Waals surface area (Å²) in [5.74, 6) is -0.0335. The number of aromatic nitrogens is 1. The van der Waals surface area contributed by atoms with Gasteiger partial charge in [-0.15, -0.1) is 0 Å². The molecule has 0 fully saturated rings. The molecule has 0 bridgehead atoms. The molecule has 2 aromatic carbocycles. The van der Waals surface area contributed by atoms with Gasteiger partial charge in [-0.3, -0.25) is 9.59 Å². The minimum absolute atomic E-state index is 0.00593. The van der Waals surface area contributed by atoms with Gasteiger partial charge in [0.15, 0.2) is 4.80 Å². The zero-order chi connectivity index (χ0) is 21.0. The van der Waals surface area contributed by atoms with Crippen LogP contribution in [0.4, 0.5) is 0 Å². The van der Waals surface area contributed by atoms with Crippen molar-refractivity contribution in [1.82, 2.24) is 4.57 Å². The fraction of sp³-hybridized carbons (Fsp3) is 0.318. The summed E-state index contributed by atoms with van der Waals surface area (Å²) in [6.45, 7) is 7.93. The highest BCUT2D eigenvalue weighted by Gasteiger charge is 2.14. The lowest BCUT2D eigenvalue weighted by atomic mass is 10.2. The third-order valence-corrected chi connectivity index (χ3v) is 5.21. The van der Waals surface area contributed by atoms with Crippen molar-refractivity contribution in [2.24, 2.45) is 4.99 Å². The van der Waals surface area contributed by atoms with E-state index in [1.807, 2.05) is 39.0 Å². The van der Waals surface area contributed by atoms with E-state index in [0.29, 0.717) is 22.7 Å². The van der Waals surface area contributed by atoms with Crippen molar-refractivity contribution in [1.29, 1.82) is 0 Å². The van der Waals surface area contributed by atoms with Crippen LogP contribution in [0.25, 0.3) is 10.2 Å². The predicted molar refractivity (Wildman–Crippen MR) is 113 cm³/mol. The molecule has 0 aliphatic carbocycles. The van der Waals surface area contributed by atoms with E-state index in [-0.39, 0.29) is 24.5 Å². The predicted octanol–water partition coefficient (Wildman–Crippen LogP) is 4.10. The molecular formula is C22H24N2O4S. The van der Waals surface area contributed by atoms with Gasteiger partial charge in [-0.1, -0.05) is 23.5 Å². The number of benzene rings is 2. The van der Waals surface area contributed by atoms with Crippen LogP contribution in [0.2, 0.25) is 0 Å². The largest absolute Gasteiger partial charge is 0.491 e. The number of rotatable bonds is 6. The number of carbonyl (C=O) groups is 2. The van der Waals surface area contributed by atoms with E-state index in [2.05, 4.69) is 4.99 Å². The number of hydrogen-bond acceptors (Lipinski definition) is 5. The second-order valence-electron chi connectivity index (χ2n) is 6.81. The van der Waals surface area contributed by atoms with Crippen molar-refractivity contribution in [3.05, 3.63) is 58.4 Å². The Labute approximate surface area is 173 Å². The van der Waals surface area contributed by atoms with Crippen LogP contribution in [0.1, 0.15) is 36.7 Å². The van der Waals surface area contributed by atoms with Gasteiger partial charge in [0, 0.05) is 5.56 Å². The monoisotopic (exact) mass is 412 g/mol. The number of hydrogen-bond donors (Lipinski definition) is 0. The van der Waals surface area contributed by atoms with Crippen LogP contribution in [-0.2, 0) is 16.1 Å². The average molecular weight is 413 g/mol. The number of ether oxygens (including phenoxy) is 2. The number of nitrogens with zero attached hydrogens (tertiary/aromatic N) is 2. The SMILES string of the molecule is CCOC(=O)Cn1c(=NC(=O)c2ccc(OC(C)C)cc2)sc2cccc(C)c21. The second kappa shape index (κ2) is 9.05. The number of amides is 1. The number of thiazole rings is 1. The van der Waals surface area contributed by atoms with Crippen molar-refractivity contribution in [2.75, 3.05) is 6.61 Å². The zero-order valence-electron chi connectivity index (χ0n) is 17.0. The first-order valence-corrected chi connectivity index (χ1v) is 10.3. The summed E-state index contributed by atoms with van der Waals surface area (Å²) < 4.78 is 13.4. The molecule has 1 amide bonds. The highest BCUT2D eigenvalue weighted by Crippen LogP contribution is 2.21. The number of esters is 1. The Kier molecular flexibility index (Phi) is 6.49. The van der Waals surface area contributed by atoms with Crippen molar-refractivity contribution in [2.45, 2.75) is 40.3 Å². The van der Waals surface area contributed by atoms with Crippen LogP contribution in [0.15, 0.2) is 47.5 Å². The Morgan fingerprint density at radius 1 is 1.14 bits per heavy atom. The van der Waals surface area contributed by atoms with Crippen LogP contribution in [0, 0.1) is 6.92 Å². The van der Waals surface area contributed by atoms with Crippen molar-refractivity contribution >= 4 is 33.4 Å². The molecular weight excluding hydrogens is 388 g/mol. The molecule has 0 aliphatic rings. The minimum atomic E-state index is -0.372. The Balaban J connectivity index is 2.01. The maximum absolute atomic E-state index is 12.7. The molecule has 1 heterocycles. The van der Waals surface area contributed by atoms with E-state index in [4.69, 9.17) is 9.47 Å². The summed E-state index contributed by atoms with van der Waals surface area (Å²) in [5.41, 5.74) is 2.35. The summed E-state index contributed by atoms with van der Waals surface area (Å²) in [7, 11) is 0. The molecule has 0 atom stereocenters. The molecule has 0 radical (unpaired) electrons. The molecule has 3 rings (SSSR count). The summed E-state index contributed by atoms with van der Waals surface area (Å²) in [5, 5.41) is 0. The van der Waals surface area contributed by atoms with E-state index in [9.17, 15) is 9.59 Å². The first-order valence-electron chi connectivity index (χ1n) is 9.49. The quantitative estimate of drug-likeness (QED) is 0.572. The number of carbonyl (C=O) groups excluding carboxylic acids is 2. The Morgan fingerprint density at radius 2 is 1.86 bits per heavy atom. The maximum atomic E-state index is 12.7. The molecule has 7 heteroatoms. The van der Waals surface area contributed by atoms with Gasteiger partial charge in [0.1, 0.15) is 12.3 Å². The fourth-order valence-corrected chi connectivity index (χ4v) is 4.08. The summed E-state index contributed by atoms with van der Waals surface area (Å²) in [6, 6.07) is 12.8. The van der Waals surface area contributed by atoms with Crippen LogP contribution < -0.4 is 9.54 Å². The molecule has 0 saturated carbocycles. The van der Waals surface area contributed by atoms with E-state index in [1.54, 1.807) is 35.8 Å². The number of aryl methyl sites for hydroxylation is 1. The number of para-hydroxylation sites is 1. The Hall–Kier alpha value is -2.93. The van der Waals surface area contributed by atoms with Crippen LogP contribution >= 0.6 is 11.3 Å². The van der Waals surface area contributed by atoms with Gasteiger partial charge >= 0.3 is 5.97 Å². The van der Waals surface area contributed by atoms with Crippen molar-refractivity contribution in [3.63, 3.8) is 0 Å². The molecule has 0 spiro atoms. The molecule has 152 valence electrons. The van der Waals surface area contributed by atoms with E-state index in [0.717, 1.165) is 15.8 Å². The average Bonchev–Trinajstić information content (AvgIpc) is 3.00. The minimum Gasteiger partial charge on any atom is -0.491 e. The highest BCUT2D eigenvalue weighted by molar-refractivity contribution is 7.16. The smallest absolute Gasteiger partial charge is 0.326 e. The van der Waals surface area contributed by atoms with E-state index >= 15 is 0 Å². The normalized spacial score (nSPS) is 11.8. The summed E-state index contributed by atoms with van der Waals surface area (Å²) >= 11 is 1.38. The molecule has 0 N–H and O–H groups in total. The topological polar surface area (TPSA) is 69.9 Å². The molecule has 0 aliphatic heterocycles. The van der Waals surface area contributed by atoms with E-state index < -0.39 is 0 Å². The van der Waals surface area contributed by atoms with Gasteiger partial charge in [0.05, 0.1) is 22.9 Å². The lowest BCUT2D eigenvalue weighted by Gasteiger charge is -2.09. The molecule has 1 aromatic heterocycles. The molecule has 29 heavy (non-hydrogen) atoms. The number of fused-ring (bicyclic) bond motifs is 1.